The summed E-state index contributed by atoms with van der Waals surface area (Å²) in [7, 11) is 1.21. The largest absolute Gasteiger partial charge is 0.492 e. The van der Waals surface area contributed by atoms with Gasteiger partial charge >= 0.3 is 5.69 Å². The molecule has 2 atom stereocenters. The van der Waals surface area contributed by atoms with Crippen molar-refractivity contribution in [2.75, 3.05) is 31.7 Å². The number of hydrogen-bond acceptors (Lipinski definition) is 6. The van der Waals surface area contributed by atoms with E-state index >= 15 is 4.39 Å². The van der Waals surface area contributed by atoms with E-state index in [1.807, 2.05) is 4.98 Å². The highest BCUT2D eigenvalue weighted by molar-refractivity contribution is 5.94. The number of aliphatic hydroxyl groups excluding tert-OH is 2. The number of H-pyrrole nitrogens is 1. The van der Waals surface area contributed by atoms with Gasteiger partial charge in [0.1, 0.15) is 11.2 Å². The van der Waals surface area contributed by atoms with E-state index < -0.39 is 46.5 Å². The van der Waals surface area contributed by atoms with Gasteiger partial charge in [0.15, 0.2) is 11.6 Å². The average Bonchev–Trinajstić information content (AvgIpc) is 3.53. The summed E-state index contributed by atoms with van der Waals surface area (Å²) in [5.41, 5.74) is -3.43. The van der Waals surface area contributed by atoms with Crippen molar-refractivity contribution in [3.63, 3.8) is 0 Å². The normalized spacial score (nSPS) is 22.2. The zero-order valence-corrected chi connectivity index (χ0v) is 16.2. The van der Waals surface area contributed by atoms with E-state index in [0.717, 1.165) is 0 Å². The molecule has 0 spiro atoms. The highest BCUT2D eigenvalue weighted by atomic mass is 19.3. The Hall–Kier alpha value is -2.53. The van der Waals surface area contributed by atoms with E-state index in [1.54, 1.807) is 0 Å². The fourth-order valence-electron chi connectivity index (χ4n) is 4.24. The maximum atomic E-state index is 15.5. The number of aromatic amines is 1. The van der Waals surface area contributed by atoms with Gasteiger partial charge in [-0.1, -0.05) is 0 Å². The number of aliphatic hydroxyl groups is 2. The Kier molecular flexibility index (Phi) is 5.27. The van der Waals surface area contributed by atoms with Crippen molar-refractivity contribution in [3.8, 4) is 5.75 Å². The van der Waals surface area contributed by atoms with Crippen LogP contribution in [0.2, 0.25) is 0 Å². The summed E-state index contributed by atoms with van der Waals surface area (Å²) in [5, 5.41) is 18.9. The number of methoxy groups -OCH3 is 1. The van der Waals surface area contributed by atoms with Crippen LogP contribution >= 0.6 is 0 Å². The number of halogens is 3. The van der Waals surface area contributed by atoms with Crippen molar-refractivity contribution in [1.82, 2.24) is 9.55 Å². The van der Waals surface area contributed by atoms with E-state index in [1.165, 1.54) is 16.6 Å². The minimum atomic E-state index is -3.31. The van der Waals surface area contributed by atoms with E-state index in [9.17, 15) is 28.6 Å². The number of rotatable bonds is 5. The van der Waals surface area contributed by atoms with E-state index in [-0.39, 0.29) is 49.1 Å². The Morgan fingerprint density at radius 3 is 2.53 bits per heavy atom. The van der Waals surface area contributed by atoms with Crippen molar-refractivity contribution < 1.29 is 28.1 Å². The highest BCUT2D eigenvalue weighted by Crippen LogP contribution is 2.46. The Balaban J connectivity index is 2.08. The smallest absolute Gasteiger partial charge is 0.329 e. The molecule has 1 aliphatic carbocycles. The number of nitrogens with one attached hydrogen (secondary N) is 1. The van der Waals surface area contributed by atoms with E-state index in [4.69, 9.17) is 4.74 Å². The van der Waals surface area contributed by atoms with Gasteiger partial charge < -0.3 is 19.8 Å². The molecule has 2 aromatic rings. The molecule has 3 N–H and O–H groups in total. The Bertz CT molecular complexity index is 1100. The summed E-state index contributed by atoms with van der Waals surface area (Å²) in [4.78, 5) is 28.4. The van der Waals surface area contributed by atoms with Crippen molar-refractivity contribution >= 4 is 16.6 Å². The molecule has 30 heavy (non-hydrogen) atoms. The molecule has 164 valence electrons. The van der Waals surface area contributed by atoms with Gasteiger partial charge in [-0.3, -0.25) is 14.3 Å². The molecule has 1 saturated carbocycles. The number of anilines is 1. The number of aromatic nitrogens is 2. The molecule has 11 heteroatoms. The first-order chi connectivity index (χ1) is 14.3. The van der Waals surface area contributed by atoms with Crippen molar-refractivity contribution in [2.24, 2.45) is 5.92 Å². The predicted octanol–water partition coefficient (Wildman–Crippen LogP) is 1.29. The van der Waals surface area contributed by atoms with Gasteiger partial charge in [-0.2, -0.15) is 0 Å². The molecule has 2 heterocycles. The van der Waals surface area contributed by atoms with Gasteiger partial charge in [0.05, 0.1) is 30.8 Å². The number of hydrogen-bond donors (Lipinski definition) is 3. The lowest BCUT2D eigenvalue weighted by Gasteiger charge is -2.38. The molecule has 0 amide bonds. The number of piperidine rings is 1. The molecule has 1 saturated heterocycles. The molecule has 0 radical (unpaired) electrons. The lowest BCUT2D eigenvalue weighted by molar-refractivity contribution is 0.0522. The SMILES string of the molecule is COc1c(N2CCC(O)C(CO)C2)c(F)c(C(F)F)c2c(=O)[nH]c(=O)n(C3CC3)c12. The van der Waals surface area contributed by atoms with Crippen LogP contribution in [0.1, 0.15) is 37.3 Å². The zero-order valence-electron chi connectivity index (χ0n) is 16.2. The van der Waals surface area contributed by atoms with Crippen LogP contribution in [0.4, 0.5) is 18.9 Å². The molecule has 4 rings (SSSR count). The first kappa shape index (κ1) is 20.7. The van der Waals surface area contributed by atoms with Crippen LogP contribution in [-0.2, 0) is 0 Å². The number of benzene rings is 1. The van der Waals surface area contributed by atoms with Crippen LogP contribution in [0.5, 0.6) is 5.75 Å². The third kappa shape index (κ3) is 3.16. The summed E-state index contributed by atoms with van der Waals surface area (Å²) < 4.78 is 50.0. The maximum Gasteiger partial charge on any atom is 0.329 e. The van der Waals surface area contributed by atoms with Crippen molar-refractivity contribution in [3.05, 3.63) is 32.2 Å². The summed E-state index contributed by atoms with van der Waals surface area (Å²) in [5.74, 6) is -2.11. The monoisotopic (exact) mass is 429 g/mol. The molecule has 1 aliphatic heterocycles. The quantitative estimate of drug-likeness (QED) is 0.661. The summed E-state index contributed by atoms with van der Waals surface area (Å²) in [6.45, 7) is -0.255. The van der Waals surface area contributed by atoms with Crippen LogP contribution in [0, 0.1) is 11.7 Å². The lowest BCUT2D eigenvalue weighted by Crippen LogP contribution is -2.45. The molecular weight excluding hydrogens is 407 g/mol. The number of nitrogens with zero attached hydrogens (tertiary/aromatic N) is 2. The Morgan fingerprint density at radius 1 is 1.27 bits per heavy atom. The van der Waals surface area contributed by atoms with E-state index in [2.05, 4.69) is 0 Å². The summed E-state index contributed by atoms with van der Waals surface area (Å²) >= 11 is 0. The molecule has 1 aromatic carbocycles. The highest BCUT2D eigenvalue weighted by Gasteiger charge is 2.37. The molecule has 1 aromatic heterocycles. The van der Waals surface area contributed by atoms with Crippen LogP contribution < -0.4 is 20.9 Å². The third-order valence-corrected chi connectivity index (χ3v) is 5.87. The molecular formula is C19H22F3N3O5. The second-order valence-corrected chi connectivity index (χ2v) is 7.74. The van der Waals surface area contributed by atoms with Crippen LogP contribution in [0.15, 0.2) is 9.59 Å². The predicted molar refractivity (Wildman–Crippen MR) is 102 cm³/mol. The van der Waals surface area contributed by atoms with Crippen molar-refractivity contribution in [1.29, 1.82) is 0 Å². The fourth-order valence-corrected chi connectivity index (χ4v) is 4.24. The van der Waals surface area contributed by atoms with Crippen LogP contribution in [0.3, 0.4) is 0 Å². The number of alkyl halides is 2. The summed E-state index contributed by atoms with van der Waals surface area (Å²) in [6, 6.07) is -0.303. The fraction of sp³-hybridized carbons (Fsp3) is 0.579. The molecule has 0 bridgehead atoms. The third-order valence-electron chi connectivity index (χ3n) is 5.87. The standard InChI is InChI=1S/C19H22F3N3O5/c1-30-16-14-12(18(28)23-19(29)25(14)9-2-3-9)11(17(21)22)13(20)15(16)24-5-4-10(27)8(6-24)7-26/h8-10,17,26-27H,2-7H2,1H3,(H,23,28,29). The van der Waals surface area contributed by atoms with Gasteiger partial charge in [-0.15, -0.1) is 0 Å². The zero-order chi connectivity index (χ0) is 21.7. The first-order valence-electron chi connectivity index (χ1n) is 9.70. The maximum absolute atomic E-state index is 15.5. The molecule has 2 fully saturated rings. The lowest BCUT2D eigenvalue weighted by atomic mass is 9.94. The molecule has 2 unspecified atom stereocenters. The molecule has 2 aliphatic rings. The first-order valence-corrected chi connectivity index (χ1v) is 9.70. The molecule has 8 nitrogen and oxygen atoms in total. The Morgan fingerprint density at radius 2 is 1.97 bits per heavy atom. The summed E-state index contributed by atoms with van der Waals surface area (Å²) in [6.07, 6.45) is -2.72. The van der Waals surface area contributed by atoms with Gasteiger partial charge in [-0.25, -0.2) is 18.0 Å². The second-order valence-electron chi connectivity index (χ2n) is 7.74. The van der Waals surface area contributed by atoms with Crippen molar-refractivity contribution in [2.45, 2.75) is 37.8 Å². The van der Waals surface area contributed by atoms with Crippen LogP contribution in [-0.4, -0.2) is 52.7 Å². The van der Waals surface area contributed by atoms with Gasteiger partial charge in [0.25, 0.3) is 12.0 Å². The van der Waals surface area contributed by atoms with Gasteiger partial charge in [0.2, 0.25) is 0 Å². The number of fused-ring (bicyclic) bond motifs is 1. The second kappa shape index (κ2) is 7.62. The minimum absolute atomic E-state index is 0.00399. The minimum Gasteiger partial charge on any atom is -0.492 e. The van der Waals surface area contributed by atoms with Gasteiger partial charge in [-0.05, 0) is 19.3 Å². The van der Waals surface area contributed by atoms with Crippen LogP contribution in [0.25, 0.3) is 10.9 Å². The van der Waals surface area contributed by atoms with E-state index in [0.29, 0.717) is 12.8 Å². The van der Waals surface area contributed by atoms with Gasteiger partial charge in [0, 0.05) is 25.0 Å². The number of ether oxygens (including phenoxy) is 1. The average molecular weight is 429 g/mol. The Labute approximate surface area is 168 Å². The topological polar surface area (TPSA) is 108 Å².